The van der Waals surface area contributed by atoms with Crippen molar-refractivity contribution in [1.29, 1.82) is 0 Å². The third kappa shape index (κ3) is 3.49. The molecule has 0 bridgehead atoms. The fourth-order valence-corrected chi connectivity index (χ4v) is 2.18. The summed E-state index contributed by atoms with van der Waals surface area (Å²) in [5.74, 6) is 1.51. The van der Waals surface area contributed by atoms with Gasteiger partial charge in [-0.25, -0.2) is 0 Å². The molecule has 0 aliphatic carbocycles. The molecule has 1 heterocycles. The normalized spacial score (nSPS) is 10.4. The second kappa shape index (κ2) is 6.72. The van der Waals surface area contributed by atoms with E-state index < -0.39 is 0 Å². The number of aryl methyl sites for hydroxylation is 1. The van der Waals surface area contributed by atoms with Crippen LogP contribution in [-0.2, 0) is 13.2 Å². The van der Waals surface area contributed by atoms with Crippen LogP contribution < -0.4 is 15.2 Å². The van der Waals surface area contributed by atoms with Gasteiger partial charge in [-0.2, -0.15) is 0 Å². The third-order valence-electron chi connectivity index (χ3n) is 2.90. The topological polar surface area (TPSA) is 57.4 Å². The van der Waals surface area contributed by atoms with Crippen LogP contribution in [0.1, 0.15) is 17.0 Å². The van der Waals surface area contributed by atoms with Crippen LogP contribution in [0.4, 0.5) is 0 Å². The minimum absolute atomic E-state index is 0.357. The molecule has 2 N–H and O–H groups in total. The van der Waals surface area contributed by atoms with Crippen molar-refractivity contribution in [2.45, 2.75) is 20.1 Å². The van der Waals surface area contributed by atoms with Gasteiger partial charge < -0.3 is 15.2 Å². The molecule has 2 rings (SSSR count). The molecule has 4 nitrogen and oxygen atoms in total. The lowest BCUT2D eigenvalue weighted by molar-refractivity contribution is 0.299. The maximum Gasteiger partial charge on any atom is 0.142 e. The maximum atomic E-state index is 5.82. The lowest BCUT2D eigenvalue weighted by Crippen LogP contribution is -2.06. The van der Waals surface area contributed by atoms with Gasteiger partial charge in [-0.15, -0.1) is 0 Å². The van der Waals surface area contributed by atoms with E-state index in [-0.39, 0.29) is 0 Å². The quantitative estimate of drug-likeness (QED) is 0.910. The number of hydrogen-bond acceptors (Lipinski definition) is 4. The molecule has 1 aromatic heterocycles. The second-order valence-electron chi connectivity index (χ2n) is 4.35. The van der Waals surface area contributed by atoms with Crippen LogP contribution >= 0.6 is 15.9 Å². The molecule has 0 aliphatic rings. The molecule has 0 saturated heterocycles. The first-order valence-corrected chi connectivity index (χ1v) is 7.05. The van der Waals surface area contributed by atoms with Gasteiger partial charge in [0.2, 0.25) is 0 Å². The Labute approximate surface area is 127 Å². The average molecular weight is 337 g/mol. The summed E-state index contributed by atoms with van der Waals surface area (Å²) in [7, 11) is 1.64. The van der Waals surface area contributed by atoms with Gasteiger partial charge in [-0.1, -0.05) is 15.9 Å². The van der Waals surface area contributed by atoms with Crippen LogP contribution in [0.15, 0.2) is 34.8 Å². The SMILES string of the molecule is COc1ccc(Br)c(COc2ccc(C)nc2CN)c1. The smallest absolute Gasteiger partial charge is 0.142 e. The first-order chi connectivity index (χ1) is 9.63. The monoisotopic (exact) mass is 336 g/mol. The van der Waals surface area contributed by atoms with E-state index in [2.05, 4.69) is 20.9 Å². The van der Waals surface area contributed by atoms with Crippen molar-refractivity contribution in [1.82, 2.24) is 4.98 Å². The van der Waals surface area contributed by atoms with Crippen molar-refractivity contribution >= 4 is 15.9 Å². The molecule has 2 aromatic rings. The average Bonchev–Trinajstić information content (AvgIpc) is 2.47. The molecular weight excluding hydrogens is 320 g/mol. The maximum absolute atomic E-state index is 5.82. The standard InChI is InChI=1S/C15H17BrN2O2/c1-10-3-6-15(14(8-17)18-10)20-9-11-7-12(19-2)4-5-13(11)16/h3-7H,8-9,17H2,1-2H3. The molecule has 0 fully saturated rings. The molecule has 0 atom stereocenters. The number of pyridine rings is 1. The Morgan fingerprint density at radius 3 is 2.75 bits per heavy atom. The number of hydrogen-bond donors (Lipinski definition) is 1. The summed E-state index contributed by atoms with van der Waals surface area (Å²) >= 11 is 3.50. The number of benzene rings is 1. The summed E-state index contributed by atoms with van der Waals surface area (Å²) in [6.07, 6.45) is 0. The van der Waals surface area contributed by atoms with Crippen LogP contribution in [0.5, 0.6) is 11.5 Å². The summed E-state index contributed by atoms with van der Waals surface area (Å²) in [5, 5.41) is 0. The number of nitrogens with two attached hydrogens (primary N) is 1. The first kappa shape index (κ1) is 14.8. The van der Waals surface area contributed by atoms with Crippen LogP contribution in [0, 0.1) is 6.92 Å². The predicted molar refractivity (Wildman–Crippen MR) is 81.9 cm³/mol. The molecule has 20 heavy (non-hydrogen) atoms. The van der Waals surface area contributed by atoms with Gasteiger partial charge in [-0.05, 0) is 37.3 Å². The van der Waals surface area contributed by atoms with Gasteiger partial charge in [0.25, 0.3) is 0 Å². The molecule has 0 spiro atoms. The predicted octanol–water partition coefficient (Wildman–Crippen LogP) is 3.20. The number of methoxy groups -OCH3 is 1. The summed E-state index contributed by atoms with van der Waals surface area (Å²) in [4.78, 5) is 4.37. The molecule has 0 amide bonds. The van der Waals surface area contributed by atoms with Crippen molar-refractivity contribution in [2.24, 2.45) is 5.73 Å². The largest absolute Gasteiger partial charge is 0.497 e. The van der Waals surface area contributed by atoms with Gasteiger partial charge in [0.05, 0.1) is 12.8 Å². The lowest BCUT2D eigenvalue weighted by Gasteiger charge is -2.12. The van der Waals surface area contributed by atoms with E-state index in [0.717, 1.165) is 27.2 Å². The number of halogens is 1. The van der Waals surface area contributed by atoms with E-state index >= 15 is 0 Å². The molecule has 106 valence electrons. The molecule has 0 unspecified atom stereocenters. The van der Waals surface area contributed by atoms with Gasteiger partial charge in [0, 0.05) is 22.3 Å². The zero-order chi connectivity index (χ0) is 14.5. The van der Waals surface area contributed by atoms with Gasteiger partial charge in [0.1, 0.15) is 18.1 Å². The highest BCUT2D eigenvalue weighted by Gasteiger charge is 2.07. The Morgan fingerprint density at radius 2 is 2.05 bits per heavy atom. The molecule has 5 heteroatoms. The number of rotatable bonds is 5. The van der Waals surface area contributed by atoms with Crippen molar-refractivity contribution < 1.29 is 9.47 Å². The van der Waals surface area contributed by atoms with Crippen molar-refractivity contribution in [3.8, 4) is 11.5 Å². The molecular formula is C15H17BrN2O2. The van der Waals surface area contributed by atoms with Crippen LogP contribution in [0.3, 0.4) is 0 Å². The highest BCUT2D eigenvalue weighted by atomic mass is 79.9. The van der Waals surface area contributed by atoms with Crippen molar-refractivity contribution in [2.75, 3.05) is 7.11 Å². The second-order valence-corrected chi connectivity index (χ2v) is 5.20. The van der Waals surface area contributed by atoms with E-state index in [1.165, 1.54) is 0 Å². The Morgan fingerprint density at radius 1 is 1.25 bits per heavy atom. The summed E-state index contributed by atoms with van der Waals surface area (Å²) < 4.78 is 12.0. The first-order valence-electron chi connectivity index (χ1n) is 6.26. The van der Waals surface area contributed by atoms with Crippen LogP contribution in [0.2, 0.25) is 0 Å². The zero-order valence-electron chi connectivity index (χ0n) is 11.5. The van der Waals surface area contributed by atoms with Crippen molar-refractivity contribution in [3.63, 3.8) is 0 Å². The molecule has 0 aliphatic heterocycles. The van der Waals surface area contributed by atoms with Gasteiger partial charge >= 0.3 is 0 Å². The highest BCUT2D eigenvalue weighted by molar-refractivity contribution is 9.10. The van der Waals surface area contributed by atoms with Crippen molar-refractivity contribution in [3.05, 3.63) is 51.8 Å². The lowest BCUT2D eigenvalue weighted by atomic mass is 10.2. The Balaban J connectivity index is 2.16. The third-order valence-corrected chi connectivity index (χ3v) is 3.67. The van der Waals surface area contributed by atoms with E-state index in [4.69, 9.17) is 15.2 Å². The zero-order valence-corrected chi connectivity index (χ0v) is 13.1. The van der Waals surface area contributed by atoms with E-state index in [1.54, 1.807) is 7.11 Å². The van der Waals surface area contributed by atoms with E-state index in [9.17, 15) is 0 Å². The fourth-order valence-electron chi connectivity index (χ4n) is 1.82. The minimum atomic E-state index is 0.357. The van der Waals surface area contributed by atoms with Gasteiger partial charge in [-0.3, -0.25) is 4.98 Å². The molecule has 1 aromatic carbocycles. The van der Waals surface area contributed by atoms with E-state index in [0.29, 0.717) is 18.9 Å². The highest BCUT2D eigenvalue weighted by Crippen LogP contribution is 2.25. The number of nitrogens with zero attached hydrogens (tertiary/aromatic N) is 1. The molecule has 0 saturated carbocycles. The van der Waals surface area contributed by atoms with Crippen LogP contribution in [0.25, 0.3) is 0 Å². The summed E-state index contributed by atoms with van der Waals surface area (Å²) in [6, 6.07) is 9.59. The molecule has 0 radical (unpaired) electrons. The summed E-state index contributed by atoms with van der Waals surface area (Å²) in [6.45, 7) is 2.72. The fraction of sp³-hybridized carbons (Fsp3) is 0.267. The Hall–Kier alpha value is -1.59. The van der Waals surface area contributed by atoms with Crippen LogP contribution in [-0.4, -0.2) is 12.1 Å². The Bertz CT molecular complexity index is 602. The minimum Gasteiger partial charge on any atom is -0.497 e. The van der Waals surface area contributed by atoms with E-state index in [1.807, 2.05) is 37.3 Å². The number of ether oxygens (including phenoxy) is 2. The summed E-state index contributed by atoms with van der Waals surface area (Å²) in [5.41, 5.74) is 8.40. The number of aromatic nitrogens is 1. The Kier molecular flexibility index (Phi) is 4.98. The van der Waals surface area contributed by atoms with Gasteiger partial charge in [0.15, 0.2) is 0 Å².